The summed E-state index contributed by atoms with van der Waals surface area (Å²) >= 11 is 5.84. The molecular weight excluding hydrogens is 451 g/mol. The number of nitrogens with zero attached hydrogens (tertiary/aromatic N) is 2. The van der Waals surface area contributed by atoms with E-state index >= 15 is 0 Å². The molecule has 2 aromatic rings. The molecule has 1 heterocycles. The fourth-order valence-electron chi connectivity index (χ4n) is 3.46. The Kier molecular flexibility index (Phi) is 8.67. The second-order valence-corrected chi connectivity index (χ2v) is 9.97. The quantitative estimate of drug-likeness (QED) is 0.435. The lowest BCUT2D eigenvalue weighted by atomic mass is 9.99. The predicted molar refractivity (Wildman–Crippen MR) is 132 cm³/mol. The first-order valence-corrected chi connectivity index (χ1v) is 12.1. The van der Waals surface area contributed by atoms with Crippen LogP contribution in [-0.2, 0) is 4.79 Å². The molecule has 1 aliphatic heterocycles. The average molecular weight is 481 g/mol. The van der Waals surface area contributed by atoms with E-state index in [0.717, 1.165) is 24.3 Å². The zero-order chi connectivity index (χ0) is 23.3. The molecule has 6 nitrogen and oxygen atoms in total. The summed E-state index contributed by atoms with van der Waals surface area (Å²) in [6.45, 7) is 1.65. The van der Waals surface area contributed by atoms with Crippen molar-refractivity contribution in [2.45, 2.75) is 24.9 Å². The third-order valence-electron chi connectivity index (χ3n) is 5.31. The highest BCUT2D eigenvalue weighted by Gasteiger charge is 2.33. The fourth-order valence-corrected chi connectivity index (χ4v) is 4.86. The van der Waals surface area contributed by atoms with Gasteiger partial charge in [0.05, 0.1) is 11.6 Å². The van der Waals surface area contributed by atoms with E-state index in [1.165, 1.54) is 18.2 Å². The van der Waals surface area contributed by atoms with Gasteiger partial charge >= 0.3 is 0 Å². The number of hydrogen-bond acceptors (Lipinski definition) is 5. The summed E-state index contributed by atoms with van der Waals surface area (Å²) in [6.07, 6.45) is 1.53. The number of carbonyl (C=O) groups excluding carboxylic acids is 1. The lowest BCUT2D eigenvalue weighted by Gasteiger charge is -2.39. The van der Waals surface area contributed by atoms with Gasteiger partial charge in [0, 0.05) is 18.3 Å². The molecule has 9 heteroatoms. The van der Waals surface area contributed by atoms with Gasteiger partial charge in [-0.05, 0) is 75.8 Å². The number of nitrogens with one attached hydrogen (secondary N) is 2. The van der Waals surface area contributed by atoms with Crippen LogP contribution in [0, 0.1) is 5.82 Å². The van der Waals surface area contributed by atoms with E-state index in [9.17, 15) is 9.18 Å². The lowest BCUT2D eigenvalue weighted by Crippen LogP contribution is -2.47. The number of rotatable bonds is 8. The summed E-state index contributed by atoms with van der Waals surface area (Å²) < 4.78 is 24.6. The first-order valence-electron chi connectivity index (χ1n) is 10.4. The molecule has 174 valence electrons. The number of halogens is 2. The van der Waals surface area contributed by atoms with Gasteiger partial charge in [0.15, 0.2) is 0 Å². The maximum atomic E-state index is 13.4. The van der Waals surface area contributed by atoms with Crippen LogP contribution in [-0.4, -0.2) is 61.3 Å². The van der Waals surface area contributed by atoms with Crippen LogP contribution in [0.2, 0.25) is 5.02 Å². The first kappa shape index (κ1) is 24.7. The Hall–Kier alpha value is -1.97. The summed E-state index contributed by atoms with van der Waals surface area (Å²) in [4.78, 5) is 15.1. The van der Waals surface area contributed by atoms with Crippen molar-refractivity contribution in [2.75, 3.05) is 39.6 Å². The highest BCUT2D eigenvalue weighted by atomic mass is 35.5. The van der Waals surface area contributed by atoms with Gasteiger partial charge in [-0.15, -0.1) is 0 Å². The molecule has 1 amide bonds. The second-order valence-electron chi connectivity index (χ2n) is 8.03. The maximum absolute atomic E-state index is 13.4. The van der Waals surface area contributed by atoms with Crippen molar-refractivity contribution < 1.29 is 13.9 Å². The number of benzene rings is 2. The number of anilines is 1. The molecule has 1 saturated heterocycles. The highest BCUT2D eigenvalue weighted by molar-refractivity contribution is 8.10. The van der Waals surface area contributed by atoms with E-state index in [1.807, 2.05) is 49.7 Å². The number of amides is 1. The Labute approximate surface area is 196 Å². The van der Waals surface area contributed by atoms with Crippen molar-refractivity contribution >= 4 is 39.9 Å². The van der Waals surface area contributed by atoms with Crippen molar-refractivity contribution in [3.63, 3.8) is 0 Å². The molecule has 0 spiro atoms. The van der Waals surface area contributed by atoms with Gasteiger partial charge in [-0.1, -0.05) is 34.6 Å². The van der Waals surface area contributed by atoms with E-state index in [2.05, 4.69) is 20.8 Å². The normalized spacial score (nSPS) is 21.5. The molecule has 0 saturated carbocycles. The number of carbonyl (C=O) groups is 1. The molecule has 3 rings (SSSR count). The SMILES string of the molecule is C=S1NC(c2ccc(OCCCN(C)C)cc2)CC(C(=O)Nc2ccc(F)c(Cl)c2)N1C. The Bertz CT molecular complexity index is 958. The van der Waals surface area contributed by atoms with Gasteiger partial charge in [-0.25, -0.2) is 8.70 Å². The lowest BCUT2D eigenvalue weighted by molar-refractivity contribution is -0.119. The van der Waals surface area contributed by atoms with Gasteiger partial charge in [0.1, 0.15) is 17.6 Å². The van der Waals surface area contributed by atoms with Crippen LogP contribution in [0.15, 0.2) is 42.5 Å². The van der Waals surface area contributed by atoms with Crippen LogP contribution in [0.25, 0.3) is 0 Å². The van der Waals surface area contributed by atoms with E-state index in [1.54, 1.807) is 0 Å². The molecule has 2 N–H and O–H groups in total. The van der Waals surface area contributed by atoms with Crippen LogP contribution in [0.4, 0.5) is 10.1 Å². The largest absolute Gasteiger partial charge is 0.494 e. The van der Waals surface area contributed by atoms with E-state index < -0.39 is 22.7 Å². The van der Waals surface area contributed by atoms with Crippen LogP contribution in [0.3, 0.4) is 0 Å². The Morgan fingerprint density at radius 1 is 1.34 bits per heavy atom. The van der Waals surface area contributed by atoms with E-state index in [0.29, 0.717) is 18.7 Å². The topological polar surface area (TPSA) is 56.8 Å². The van der Waals surface area contributed by atoms with Gasteiger partial charge in [-0.2, -0.15) is 0 Å². The Morgan fingerprint density at radius 2 is 2.06 bits per heavy atom. The smallest absolute Gasteiger partial charge is 0.242 e. The van der Waals surface area contributed by atoms with Gasteiger partial charge < -0.3 is 15.0 Å². The monoisotopic (exact) mass is 480 g/mol. The number of likely N-dealkylation sites (N-methyl/N-ethyl adjacent to an activating group) is 1. The Balaban J connectivity index is 1.63. The van der Waals surface area contributed by atoms with Crippen LogP contribution >= 0.6 is 22.5 Å². The minimum Gasteiger partial charge on any atom is -0.494 e. The highest BCUT2D eigenvalue weighted by Crippen LogP contribution is 2.34. The molecule has 3 unspecified atom stereocenters. The minimum absolute atomic E-state index is 0.0256. The first-order chi connectivity index (χ1) is 15.2. The molecule has 0 radical (unpaired) electrons. The standard InChI is InChI=1S/C23H30ClFN4O2S/c1-28(2)12-5-13-31-18-9-6-16(7-10-18)21-15-22(29(3)32(4)27-21)23(30)26-17-8-11-20(25)19(24)14-17/h6-11,14,21-22,27H,4-5,12-13,15H2,1-3H3,(H,26,30). The summed E-state index contributed by atoms with van der Waals surface area (Å²) in [7, 11) is 5.41. The molecule has 0 aliphatic carbocycles. The molecule has 0 aromatic heterocycles. The van der Waals surface area contributed by atoms with Crippen molar-refractivity contribution in [2.24, 2.45) is 0 Å². The third-order valence-corrected chi connectivity index (χ3v) is 7.11. The van der Waals surface area contributed by atoms with Crippen molar-refractivity contribution in [3.05, 3.63) is 58.9 Å². The molecular formula is C23H30ClFN4O2S. The third kappa shape index (κ3) is 6.52. The van der Waals surface area contributed by atoms with Crippen LogP contribution < -0.4 is 14.8 Å². The Morgan fingerprint density at radius 3 is 2.72 bits per heavy atom. The molecule has 32 heavy (non-hydrogen) atoms. The van der Waals surface area contributed by atoms with Gasteiger partial charge in [-0.3, -0.25) is 9.52 Å². The fraction of sp³-hybridized carbons (Fsp3) is 0.391. The van der Waals surface area contributed by atoms with Gasteiger partial charge in [0.25, 0.3) is 0 Å². The average Bonchev–Trinajstić information content (AvgIpc) is 2.76. The van der Waals surface area contributed by atoms with Crippen molar-refractivity contribution in [1.82, 2.24) is 13.9 Å². The van der Waals surface area contributed by atoms with Crippen molar-refractivity contribution in [3.8, 4) is 5.75 Å². The predicted octanol–water partition coefficient (Wildman–Crippen LogP) is 4.31. The summed E-state index contributed by atoms with van der Waals surface area (Å²) in [5.74, 6) is 4.30. The molecule has 1 aliphatic rings. The molecule has 2 aromatic carbocycles. The molecule has 0 bridgehead atoms. The number of hydrogen-bond donors (Lipinski definition) is 2. The van der Waals surface area contributed by atoms with Crippen molar-refractivity contribution in [1.29, 1.82) is 0 Å². The van der Waals surface area contributed by atoms with E-state index in [-0.39, 0.29) is 17.0 Å². The summed E-state index contributed by atoms with van der Waals surface area (Å²) in [5, 5.41) is 2.81. The summed E-state index contributed by atoms with van der Waals surface area (Å²) in [6, 6.07) is 11.7. The minimum atomic E-state index is -0.548. The second kappa shape index (κ2) is 11.2. The maximum Gasteiger partial charge on any atom is 0.242 e. The zero-order valence-electron chi connectivity index (χ0n) is 18.6. The van der Waals surface area contributed by atoms with Gasteiger partial charge in [0.2, 0.25) is 5.91 Å². The number of ether oxygens (including phenoxy) is 1. The summed E-state index contributed by atoms with van der Waals surface area (Å²) in [5.41, 5.74) is 1.53. The zero-order valence-corrected chi connectivity index (χ0v) is 20.2. The van der Waals surface area contributed by atoms with Crippen LogP contribution in [0.1, 0.15) is 24.4 Å². The molecule has 1 fully saturated rings. The van der Waals surface area contributed by atoms with E-state index in [4.69, 9.17) is 16.3 Å². The molecule has 3 atom stereocenters. The van der Waals surface area contributed by atoms with Crippen LogP contribution in [0.5, 0.6) is 5.75 Å².